The van der Waals surface area contributed by atoms with E-state index in [-0.39, 0.29) is 5.78 Å². The SMILES string of the molecule is CCC1(CC)CCN(CC(=O)c2ccc(I)cc2)C1. The van der Waals surface area contributed by atoms with Crippen LogP contribution < -0.4 is 0 Å². The molecule has 1 aliphatic heterocycles. The number of nitrogens with zero attached hydrogens (tertiary/aromatic N) is 1. The highest BCUT2D eigenvalue weighted by Crippen LogP contribution is 2.36. The van der Waals surface area contributed by atoms with Crippen molar-refractivity contribution in [3.05, 3.63) is 33.4 Å². The van der Waals surface area contributed by atoms with Crippen LogP contribution in [0, 0.1) is 8.99 Å². The summed E-state index contributed by atoms with van der Waals surface area (Å²) in [6.07, 6.45) is 3.68. The first kappa shape index (κ1) is 15.0. The van der Waals surface area contributed by atoms with E-state index in [4.69, 9.17) is 0 Å². The second-order valence-electron chi connectivity index (χ2n) is 5.60. The largest absolute Gasteiger partial charge is 0.295 e. The van der Waals surface area contributed by atoms with Crippen molar-refractivity contribution in [3.63, 3.8) is 0 Å². The molecular formula is C16H22INO. The summed E-state index contributed by atoms with van der Waals surface area (Å²) in [4.78, 5) is 14.6. The number of likely N-dealkylation sites (tertiary alicyclic amines) is 1. The number of carbonyl (C=O) groups is 1. The van der Waals surface area contributed by atoms with E-state index in [1.165, 1.54) is 22.8 Å². The molecule has 1 fully saturated rings. The lowest BCUT2D eigenvalue weighted by Crippen LogP contribution is -2.30. The van der Waals surface area contributed by atoms with Gasteiger partial charge in [0.25, 0.3) is 0 Å². The van der Waals surface area contributed by atoms with Gasteiger partial charge < -0.3 is 0 Å². The van der Waals surface area contributed by atoms with Crippen molar-refractivity contribution in [2.24, 2.45) is 5.41 Å². The molecule has 1 aromatic carbocycles. The smallest absolute Gasteiger partial charge is 0.176 e. The van der Waals surface area contributed by atoms with Crippen LogP contribution in [0.1, 0.15) is 43.5 Å². The second kappa shape index (κ2) is 6.35. The first-order chi connectivity index (χ1) is 9.08. The number of ketones is 1. The van der Waals surface area contributed by atoms with E-state index < -0.39 is 0 Å². The van der Waals surface area contributed by atoms with E-state index in [0.29, 0.717) is 12.0 Å². The third-order valence-corrected chi connectivity index (χ3v) is 5.27. The fourth-order valence-corrected chi connectivity index (χ4v) is 3.28. The lowest BCUT2D eigenvalue weighted by molar-refractivity contribution is 0.0936. The maximum Gasteiger partial charge on any atom is 0.176 e. The zero-order chi connectivity index (χ0) is 13.9. The molecule has 1 aromatic rings. The number of benzene rings is 1. The van der Waals surface area contributed by atoms with Gasteiger partial charge in [0.15, 0.2) is 5.78 Å². The van der Waals surface area contributed by atoms with Gasteiger partial charge in [-0.3, -0.25) is 9.69 Å². The van der Waals surface area contributed by atoms with Crippen LogP contribution in [0.15, 0.2) is 24.3 Å². The Bertz CT molecular complexity index is 437. The molecule has 0 aromatic heterocycles. The molecule has 0 saturated carbocycles. The topological polar surface area (TPSA) is 20.3 Å². The predicted molar refractivity (Wildman–Crippen MR) is 87.6 cm³/mol. The van der Waals surface area contributed by atoms with E-state index in [1.807, 2.05) is 24.3 Å². The summed E-state index contributed by atoms with van der Waals surface area (Å²) in [5.74, 6) is 0.249. The molecule has 3 heteroatoms. The van der Waals surface area contributed by atoms with Crippen LogP contribution in [0.4, 0.5) is 0 Å². The predicted octanol–water partition coefficient (Wildman–Crippen LogP) is 3.99. The number of hydrogen-bond acceptors (Lipinski definition) is 2. The summed E-state index contributed by atoms with van der Waals surface area (Å²) in [5, 5.41) is 0. The Labute approximate surface area is 129 Å². The van der Waals surface area contributed by atoms with E-state index in [0.717, 1.165) is 18.7 Å². The zero-order valence-electron chi connectivity index (χ0n) is 11.8. The van der Waals surface area contributed by atoms with Crippen molar-refractivity contribution >= 4 is 28.4 Å². The number of hydrogen-bond donors (Lipinski definition) is 0. The highest BCUT2D eigenvalue weighted by Gasteiger charge is 2.35. The Kier molecular flexibility index (Phi) is 5.01. The minimum atomic E-state index is 0.249. The zero-order valence-corrected chi connectivity index (χ0v) is 13.9. The van der Waals surface area contributed by atoms with Gasteiger partial charge >= 0.3 is 0 Å². The van der Waals surface area contributed by atoms with Gasteiger partial charge in [0.1, 0.15) is 0 Å². The van der Waals surface area contributed by atoms with Gasteiger partial charge in [-0.25, -0.2) is 0 Å². The maximum atomic E-state index is 12.3. The first-order valence-corrected chi connectivity index (χ1v) is 8.17. The van der Waals surface area contributed by atoms with Gasteiger partial charge in [0.2, 0.25) is 0 Å². The highest BCUT2D eigenvalue weighted by molar-refractivity contribution is 14.1. The summed E-state index contributed by atoms with van der Waals surface area (Å²) in [6, 6.07) is 7.88. The molecule has 0 aliphatic carbocycles. The standard InChI is InChI=1S/C16H22INO/c1-3-16(4-2)9-10-18(12-16)11-15(19)13-5-7-14(17)8-6-13/h5-8H,3-4,9-12H2,1-2H3. The maximum absolute atomic E-state index is 12.3. The van der Waals surface area contributed by atoms with Crippen LogP contribution >= 0.6 is 22.6 Å². The number of rotatable bonds is 5. The molecule has 0 atom stereocenters. The van der Waals surface area contributed by atoms with Crippen LogP contribution in [0.25, 0.3) is 0 Å². The Morgan fingerprint density at radius 3 is 2.42 bits per heavy atom. The van der Waals surface area contributed by atoms with Gasteiger partial charge in [0.05, 0.1) is 6.54 Å². The lowest BCUT2D eigenvalue weighted by Gasteiger charge is -2.26. The van der Waals surface area contributed by atoms with Crippen molar-refractivity contribution in [3.8, 4) is 0 Å². The molecule has 0 N–H and O–H groups in total. The Hall–Kier alpha value is -0.420. The summed E-state index contributed by atoms with van der Waals surface area (Å²) in [6.45, 7) is 7.26. The van der Waals surface area contributed by atoms with Gasteiger partial charge in [-0.1, -0.05) is 26.0 Å². The second-order valence-corrected chi connectivity index (χ2v) is 6.84. The van der Waals surface area contributed by atoms with Gasteiger partial charge in [-0.05, 0) is 65.9 Å². The quantitative estimate of drug-likeness (QED) is 0.576. The van der Waals surface area contributed by atoms with Crippen LogP contribution in [0.3, 0.4) is 0 Å². The Balaban J connectivity index is 1.95. The molecule has 104 valence electrons. The molecule has 0 bridgehead atoms. The van der Waals surface area contributed by atoms with Crippen LogP contribution in [-0.2, 0) is 0 Å². The van der Waals surface area contributed by atoms with E-state index in [2.05, 4.69) is 41.3 Å². The van der Waals surface area contributed by atoms with Gasteiger partial charge in [-0.2, -0.15) is 0 Å². The monoisotopic (exact) mass is 371 g/mol. The van der Waals surface area contributed by atoms with Crippen molar-refractivity contribution in [2.45, 2.75) is 33.1 Å². The van der Waals surface area contributed by atoms with Crippen molar-refractivity contribution in [1.29, 1.82) is 0 Å². The van der Waals surface area contributed by atoms with Crippen molar-refractivity contribution < 1.29 is 4.79 Å². The first-order valence-electron chi connectivity index (χ1n) is 7.10. The van der Waals surface area contributed by atoms with Crippen LogP contribution in [-0.4, -0.2) is 30.3 Å². The molecule has 1 saturated heterocycles. The van der Waals surface area contributed by atoms with Crippen molar-refractivity contribution in [2.75, 3.05) is 19.6 Å². The Morgan fingerprint density at radius 1 is 1.26 bits per heavy atom. The molecule has 1 heterocycles. The normalized spacial score (nSPS) is 18.7. The van der Waals surface area contributed by atoms with E-state index in [1.54, 1.807) is 0 Å². The molecule has 2 nitrogen and oxygen atoms in total. The molecule has 0 spiro atoms. The third-order valence-electron chi connectivity index (χ3n) is 4.55. The molecule has 0 radical (unpaired) electrons. The average Bonchev–Trinajstić information content (AvgIpc) is 2.83. The molecule has 19 heavy (non-hydrogen) atoms. The fourth-order valence-electron chi connectivity index (χ4n) is 2.92. The molecule has 2 rings (SSSR count). The summed E-state index contributed by atoms with van der Waals surface area (Å²) in [5.41, 5.74) is 1.29. The highest BCUT2D eigenvalue weighted by atomic mass is 127. The third kappa shape index (κ3) is 3.57. The van der Waals surface area contributed by atoms with E-state index in [9.17, 15) is 4.79 Å². The molecule has 1 aliphatic rings. The fraction of sp³-hybridized carbons (Fsp3) is 0.562. The average molecular weight is 371 g/mol. The number of halogens is 1. The van der Waals surface area contributed by atoms with Gasteiger partial charge in [-0.15, -0.1) is 0 Å². The lowest BCUT2D eigenvalue weighted by atomic mass is 9.82. The number of carbonyl (C=O) groups excluding carboxylic acids is 1. The minimum absolute atomic E-state index is 0.249. The van der Waals surface area contributed by atoms with E-state index >= 15 is 0 Å². The minimum Gasteiger partial charge on any atom is -0.295 e. The summed E-state index contributed by atoms with van der Waals surface area (Å²) >= 11 is 2.26. The number of Topliss-reactive ketones (excluding diaryl/α,β-unsaturated/α-hetero) is 1. The van der Waals surface area contributed by atoms with Gasteiger partial charge in [0, 0.05) is 15.7 Å². The molecule has 0 amide bonds. The molecule has 0 unspecified atom stereocenters. The summed E-state index contributed by atoms with van der Waals surface area (Å²) < 4.78 is 1.17. The van der Waals surface area contributed by atoms with Crippen molar-refractivity contribution in [1.82, 2.24) is 4.90 Å². The summed E-state index contributed by atoms with van der Waals surface area (Å²) in [7, 11) is 0. The van der Waals surface area contributed by atoms with Crippen LogP contribution in [0.5, 0.6) is 0 Å². The Morgan fingerprint density at radius 2 is 1.89 bits per heavy atom. The van der Waals surface area contributed by atoms with Crippen LogP contribution in [0.2, 0.25) is 0 Å². The molecular weight excluding hydrogens is 349 g/mol.